The second-order valence-electron chi connectivity index (χ2n) is 6.43. The van der Waals surface area contributed by atoms with Crippen molar-refractivity contribution in [2.45, 2.75) is 25.2 Å². The Kier molecular flexibility index (Phi) is 8.26. The fraction of sp³-hybridized carbons (Fsp3) is 0.190. The quantitative estimate of drug-likeness (QED) is 0.288. The van der Waals surface area contributed by atoms with Gasteiger partial charge >= 0.3 is 0 Å². The smallest absolute Gasteiger partial charge is 0.234 e. The number of benzene rings is 2. The predicted octanol–water partition coefficient (Wildman–Crippen LogP) is 6.04. The van der Waals surface area contributed by atoms with Crippen molar-refractivity contribution in [2.75, 3.05) is 11.1 Å². The molecule has 0 saturated carbocycles. The number of nitrogens with one attached hydrogen (secondary N) is 1. The van der Waals surface area contributed by atoms with E-state index in [1.54, 1.807) is 36.4 Å². The van der Waals surface area contributed by atoms with Gasteiger partial charge in [0.2, 0.25) is 5.91 Å². The molecule has 0 unspecified atom stereocenters. The van der Waals surface area contributed by atoms with Crippen LogP contribution in [0.2, 0.25) is 15.1 Å². The van der Waals surface area contributed by atoms with E-state index in [0.717, 1.165) is 5.56 Å². The highest BCUT2D eigenvalue weighted by Gasteiger charge is 2.15. The van der Waals surface area contributed by atoms with Gasteiger partial charge in [0.25, 0.3) is 0 Å². The number of allylic oxidation sites excluding steroid dienone is 1. The number of para-hydroxylation sites is 1. The molecule has 0 atom stereocenters. The van der Waals surface area contributed by atoms with Crippen molar-refractivity contribution in [2.24, 2.45) is 0 Å². The Hall–Kier alpha value is -2.19. The zero-order valence-electron chi connectivity index (χ0n) is 16.6. The Morgan fingerprint density at radius 1 is 1.19 bits per heavy atom. The highest BCUT2D eigenvalue weighted by molar-refractivity contribution is 7.99. The van der Waals surface area contributed by atoms with Gasteiger partial charge in [-0.15, -0.1) is 16.8 Å². The van der Waals surface area contributed by atoms with Crippen molar-refractivity contribution < 1.29 is 9.53 Å². The zero-order chi connectivity index (χ0) is 22.4. The lowest BCUT2D eigenvalue weighted by atomic mass is 10.2. The van der Waals surface area contributed by atoms with Crippen molar-refractivity contribution in [3.05, 3.63) is 75.5 Å². The van der Waals surface area contributed by atoms with Crippen LogP contribution < -0.4 is 10.1 Å². The number of hydrogen-bond donors (Lipinski definition) is 1. The van der Waals surface area contributed by atoms with E-state index < -0.39 is 0 Å². The molecule has 0 radical (unpaired) electrons. The molecule has 3 aromatic rings. The molecule has 2 aromatic carbocycles. The third-order valence-corrected chi connectivity index (χ3v) is 6.18. The maximum absolute atomic E-state index is 12.4. The largest absolute Gasteiger partial charge is 0.486 e. The molecule has 0 spiro atoms. The first-order valence-electron chi connectivity index (χ1n) is 9.17. The van der Waals surface area contributed by atoms with Gasteiger partial charge in [-0.2, -0.15) is 0 Å². The molecule has 0 aliphatic carbocycles. The van der Waals surface area contributed by atoms with Crippen LogP contribution in [0.15, 0.2) is 54.2 Å². The maximum atomic E-state index is 12.4. The van der Waals surface area contributed by atoms with Gasteiger partial charge in [0.15, 0.2) is 11.0 Å². The van der Waals surface area contributed by atoms with E-state index >= 15 is 0 Å². The molecular formula is C21H19Cl3N4O2S. The molecule has 1 N–H and O–H groups in total. The van der Waals surface area contributed by atoms with Gasteiger partial charge in [0.05, 0.1) is 21.5 Å². The first-order chi connectivity index (χ1) is 14.9. The Bertz CT molecular complexity index is 1080. The Morgan fingerprint density at radius 2 is 1.94 bits per heavy atom. The number of aryl methyl sites for hydroxylation is 1. The molecule has 162 valence electrons. The molecule has 1 amide bonds. The van der Waals surface area contributed by atoms with Crippen LogP contribution in [-0.4, -0.2) is 26.4 Å². The van der Waals surface area contributed by atoms with Crippen LogP contribution in [0, 0.1) is 6.92 Å². The fourth-order valence-corrected chi connectivity index (χ4v) is 4.00. The number of carbonyl (C=O) groups excluding carboxylic acids is 1. The number of anilines is 1. The minimum absolute atomic E-state index is 0.105. The Balaban J connectivity index is 1.64. The number of ether oxygens (including phenoxy) is 1. The predicted molar refractivity (Wildman–Crippen MR) is 127 cm³/mol. The second kappa shape index (κ2) is 10.9. The average molecular weight is 498 g/mol. The first-order valence-corrected chi connectivity index (χ1v) is 11.3. The highest BCUT2D eigenvalue weighted by Crippen LogP contribution is 2.30. The van der Waals surface area contributed by atoms with Crippen molar-refractivity contribution in [1.82, 2.24) is 14.8 Å². The molecule has 0 bridgehead atoms. The molecule has 1 heterocycles. The van der Waals surface area contributed by atoms with Crippen LogP contribution in [0.4, 0.5) is 5.69 Å². The van der Waals surface area contributed by atoms with Gasteiger partial charge < -0.3 is 10.1 Å². The molecule has 0 aliphatic rings. The Labute approximate surface area is 199 Å². The van der Waals surface area contributed by atoms with Crippen molar-refractivity contribution in [1.29, 1.82) is 0 Å². The van der Waals surface area contributed by atoms with E-state index in [4.69, 9.17) is 39.5 Å². The normalized spacial score (nSPS) is 10.7. The average Bonchev–Trinajstić information content (AvgIpc) is 3.12. The van der Waals surface area contributed by atoms with Crippen molar-refractivity contribution in [3.8, 4) is 5.75 Å². The van der Waals surface area contributed by atoms with E-state index in [1.807, 2.05) is 17.6 Å². The molecule has 6 nitrogen and oxygen atoms in total. The number of hydrogen-bond acceptors (Lipinski definition) is 5. The first kappa shape index (κ1) is 23.5. The number of nitrogens with zero attached hydrogens (tertiary/aromatic N) is 3. The van der Waals surface area contributed by atoms with E-state index in [0.29, 0.717) is 44.0 Å². The SMILES string of the molecule is C=CCn1c(COc2ccc(Cl)c(C)c2)nnc1SCC(=O)Nc1c(Cl)cccc1Cl. The van der Waals surface area contributed by atoms with Gasteiger partial charge in [0.1, 0.15) is 12.4 Å². The summed E-state index contributed by atoms with van der Waals surface area (Å²) in [4.78, 5) is 12.4. The second-order valence-corrected chi connectivity index (χ2v) is 8.60. The number of aromatic nitrogens is 3. The third kappa shape index (κ3) is 6.17. The minimum atomic E-state index is -0.261. The summed E-state index contributed by atoms with van der Waals surface area (Å²) >= 11 is 19.5. The lowest BCUT2D eigenvalue weighted by Gasteiger charge is -2.11. The monoisotopic (exact) mass is 496 g/mol. The number of thioether (sulfide) groups is 1. The third-order valence-electron chi connectivity index (χ3n) is 4.16. The number of rotatable bonds is 9. The van der Waals surface area contributed by atoms with Crippen LogP contribution in [-0.2, 0) is 17.9 Å². The molecule has 0 aliphatic heterocycles. The molecule has 1 aromatic heterocycles. The molecule has 0 saturated heterocycles. The maximum Gasteiger partial charge on any atom is 0.234 e. The lowest BCUT2D eigenvalue weighted by Crippen LogP contribution is -2.15. The number of carbonyl (C=O) groups is 1. The van der Waals surface area contributed by atoms with Gasteiger partial charge in [-0.25, -0.2) is 0 Å². The summed E-state index contributed by atoms with van der Waals surface area (Å²) in [5, 5.41) is 13.1. The molecule has 3 rings (SSSR count). The molecule has 10 heteroatoms. The summed E-state index contributed by atoms with van der Waals surface area (Å²) < 4.78 is 7.67. The summed E-state index contributed by atoms with van der Waals surface area (Å²) in [5.74, 6) is 1.14. The molecule has 31 heavy (non-hydrogen) atoms. The van der Waals surface area contributed by atoms with E-state index in [2.05, 4.69) is 22.1 Å². The van der Waals surface area contributed by atoms with Crippen LogP contribution in [0.3, 0.4) is 0 Å². The number of halogens is 3. The fourth-order valence-electron chi connectivity index (χ4n) is 2.62. The zero-order valence-corrected chi connectivity index (χ0v) is 19.7. The molecule has 0 fully saturated rings. The minimum Gasteiger partial charge on any atom is -0.486 e. The summed E-state index contributed by atoms with van der Waals surface area (Å²) in [6, 6.07) is 10.5. The number of amides is 1. The van der Waals surface area contributed by atoms with E-state index in [9.17, 15) is 4.79 Å². The van der Waals surface area contributed by atoms with Crippen LogP contribution in [0.25, 0.3) is 0 Å². The highest BCUT2D eigenvalue weighted by atomic mass is 35.5. The topological polar surface area (TPSA) is 69.0 Å². The standard InChI is InChI=1S/C21H19Cl3N4O2S/c1-3-9-28-18(11-30-14-7-8-15(22)13(2)10-14)26-27-21(28)31-12-19(29)25-20-16(23)5-4-6-17(20)24/h3-8,10H,1,9,11-12H2,2H3,(H,25,29). The summed E-state index contributed by atoms with van der Waals surface area (Å²) in [6.07, 6.45) is 1.73. The Morgan fingerprint density at radius 3 is 2.61 bits per heavy atom. The van der Waals surface area contributed by atoms with Gasteiger partial charge in [0, 0.05) is 11.6 Å². The summed E-state index contributed by atoms with van der Waals surface area (Å²) in [7, 11) is 0. The summed E-state index contributed by atoms with van der Waals surface area (Å²) in [5.41, 5.74) is 1.31. The summed E-state index contributed by atoms with van der Waals surface area (Å²) in [6.45, 7) is 6.38. The van der Waals surface area contributed by atoms with E-state index in [-0.39, 0.29) is 18.3 Å². The van der Waals surface area contributed by atoms with Crippen LogP contribution in [0.1, 0.15) is 11.4 Å². The van der Waals surface area contributed by atoms with Crippen LogP contribution in [0.5, 0.6) is 5.75 Å². The molecular weight excluding hydrogens is 479 g/mol. The van der Waals surface area contributed by atoms with E-state index in [1.165, 1.54) is 11.8 Å². The van der Waals surface area contributed by atoms with Crippen LogP contribution >= 0.6 is 46.6 Å². The van der Waals surface area contributed by atoms with Crippen molar-refractivity contribution in [3.63, 3.8) is 0 Å². The lowest BCUT2D eigenvalue weighted by molar-refractivity contribution is -0.113. The van der Waals surface area contributed by atoms with Gasteiger partial charge in [-0.1, -0.05) is 58.7 Å². The van der Waals surface area contributed by atoms with Crippen molar-refractivity contribution >= 4 is 58.2 Å². The van der Waals surface area contributed by atoms with Gasteiger partial charge in [-0.05, 0) is 42.8 Å². The van der Waals surface area contributed by atoms with Gasteiger partial charge in [-0.3, -0.25) is 9.36 Å².